The van der Waals surface area contributed by atoms with E-state index in [4.69, 9.17) is 26.7 Å². The normalized spacial score (nSPS) is 15.9. The summed E-state index contributed by atoms with van der Waals surface area (Å²) in [7, 11) is 0. The van der Waals surface area contributed by atoms with Crippen LogP contribution in [-0.4, -0.2) is 47.7 Å². The Labute approximate surface area is 163 Å². The number of aliphatic imine (C=N–C) groups is 2. The monoisotopic (exact) mass is 394 g/mol. The summed E-state index contributed by atoms with van der Waals surface area (Å²) in [4.78, 5) is 21.2. The fourth-order valence-corrected chi connectivity index (χ4v) is 2.61. The van der Waals surface area contributed by atoms with E-state index in [1.54, 1.807) is 11.0 Å². The van der Waals surface area contributed by atoms with Gasteiger partial charge in [-0.1, -0.05) is 0 Å². The van der Waals surface area contributed by atoms with Gasteiger partial charge in [0, 0.05) is 32.0 Å². The zero-order valence-electron chi connectivity index (χ0n) is 16.3. The highest BCUT2D eigenvalue weighted by Gasteiger charge is 2.28. The topological polar surface area (TPSA) is 142 Å². The van der Waals surface area contributed by atoms with Crippen molar-refractivity contribution >= 4 is 23.7 Å². The number of guanidine groups is 2. The van der Waals surface area contributed by atoms with E-state index < -0.39 is 11.4 Å². The summed E-state index contributed by atoms with van der Waals surface area (Å²) in [6.45, 7) is 6.43. The van der Waals surface area contributed by atoms with Crippen molar-refractivity contribution in [3.8, 4) is 5.75 Å². The van der Waals surface area contributed by atoms with Gasteiger partial charge in [0.25, 0.3) is 0 Å². The quantitative estimate of drug-likeness (QED) is 0.527. The van der Waals surface area contributed by atoms with Gasteiger partial charge in [0.2, 0.25) is 5.96 Å². The molecule has 2 rings (SSSR count). The zero-order valence-corrected chi connectivity index (χ0v) is 16.3. The standard InChI is InChI=1S/C18H27FN6O3/c1-18(2,3)28-17(26)25-8-6-12(7-9-25)27-14-5-4-11(10-13(14)19)23-16(22)24-15(20)21/h4-5,10,12H,6-9H2,1-3H3,(H6,20,21,22,23,24). The minimum Gasteiger partial charge on any atom is -0.487 e. The molecule has 1 aromatic rings. The number of hydrogen-bond donors (Lipinski definition) is 3. The van der Waals surface area contributed by atoms with Crippen molar-refractivity contribution in [2.45, 2.75) is 45.3 Å². The van der Waals surface area contributed by atoms with Gasteiger partial charge in [-0.25, -0.2) is 14.2 Å². The predicted octanol–water partition coefficient (Wildman–Crippen LogP) is 1.82. The van der Waals surface area contributed by atoms with Gasteiger partial charge >= 0.3 is 6.09 Å². The third-order valence-corrected chi connectivity index (χ3v) is 3.79. The molecule has 0 atom stereocenters. The van der Waals surface area contributed by atoms with Crippen molar-refractivity contribution in [2.75, 3.05) is 13.1 Å². The molecule has 0 unspecified atom stereocenters. The van der Waals surface area contributed by atoms with Crippen LogP contribution in [0.3, 0.4) is 0 Å². The van der Waals surface area contributed by atoms with Crippen LogP contribution in [0.5, 0.6) is 5.75 Å². The molecule has 0 spiro atoms. The Morgan fingerprint density at radius 1 is 1.21 bits per heavy atom. The number of ether oxygens (including phenoxy) is 2. The Morgan fingerprint density at radius 2 is 1.86 bits per heavy atom. The highest BCUT2D eigenvalue weighted by Crippen LogP contribution is 2.26. The number of benzene rings is 1. The minimum atomic E-state index is -0.576. The van der Waals surface area contributed by atoms with Crippen LogP contribution in [-0.2, 0) is 4.74 Å². The first-order valence-electron chi connectivity index (χ1n) is 8.91. The zero-order chi connectivity index (χ0) is 20.9. The number of amides is 1. The second-order valence-electron chi connectivity index (χ2n) is 7.41. The second kappa shape index (κ2) is 8.77. The molecule has 9 nitrogen and oxygen atoms in total. The molecule has 1 aliphatic rings. The van der Waals surface area contributed by atoms with Gasteiger partial charge in [0.15, 0.2) is 17.5 Å². The van der Waals surface area contributed by atoms with Crippen molar-refractivity contribution in [2.24, 2.45) is 27.2 Å². The minimum absolute atomic E-state index is 0.107. The fraction of sp³-hybridized carbons (Fsp3) is 0.500. The number of carbonyl (C=O) groups is 1. The summed E-state index contributed by atoms with van der Waals surface area (Å²) < 4.78 is 25.4. The third-order valence-electron chi connectivity index (χ3n) is 3.79. The molecule has 1 saturated heterocycles. The molecule has 28 heavy (non-hydrogen) atoms. The van der Waals surface area contributed by atoms with Crippen molar-refractivity contribution < 1.29 is 18.7 Å². The highest BCUT2D eigenvalue weighted by molar-refractivity contribution is 5.93. The SMILES string of the molecule is CC(C)(C)OC(=O)N1CCC(Oc2ccc(N=C(N)N=C(N)N)cc2F)CC1. The molecule has 1 aliphatic heterocycles. The number of nitrogens with two attached hydrogens (primary N) is 3. The molecule has 6 N–H and O–H groups in total. The smallest absolute Gasteiger partial charge is 0.410 e. The molecule has 10 heteroatoms. The van der Waals surface area contributed by atoms with Crippen LogP contribution >= 0.6 is 0 Å². The van der Waals surface area contributed by atoms with Crippen LogP contribution in [0.25, 0.3) is 0 Å². The lowest BCUT2D eigenvalue weighted by molar-refractivity contribution is 0.0123. The molecule has 0 saturated carbocycles. The van der Waals surface area contributed by atoms with Crippen molar-refractivity contribution in [3.05, 3.63) is 24.0 Å². The summed E-state index contributed by atoms with van der Waals surface area (Å²) in [5.41, 5.74) is 15.7. The van der Waals surface area contributed by atoms with Gasteiger partial charge in [0.05, 0.1) is 5.69 Å². The largest absolute Gasteiger partial charge is 0.487 e. The van der Waals surface area contributed by atoms with E-state index >= 15 is 0 Å². The number of likely N-dealkylation sites (tertiary alicyclic amines) is 1. The summed E-state index contributed by atoms with van der Waals surface area (Å²) in [5.74, 6) is -0.884. The maximum absolute atomic E-state index is 14.3. The van der Waals surface area contributed by atoms with Crippen LogP contribution in [0.1, 0.15) is 33.6 Å². The molecule has 1 aromatic carbocycles. The molecule has 0 radical (unpaired) electrons. The molecular weight excluding hydrogens is 367 g/mol. The van der Waals surface area contributed by atoms with Gasteiger partial charge in [-0.2, -0.15) is 4.99 Å². The van der Waals surface area contributed by atoms with Gasteiger partial charge < -0.3 is 31.6 Å². The maximum Gasteiger partial charge on any atom is 0.410 e. The van der Waals surface area contributed by atoms with E-state index in [1.807, 2.05) is 20.8 Å². The Balaban J connectivity index is 1.93. The van der Waals surface area contributed by atoms with Crippen LogP contribution in [0.4, 0.5) is 14.9 Å². The van der Waals surface area contributed by atoms with Crippen molar-refractivity contribution in [1.29, 1.82) is 0 Å². The van der Waals surface area contributed by atoms with E-state index in [0.29, 0.717) is 25.9 Å². The fourth-order valence-electron chi connectivity index (χ4n) is 2.61. The number of piperidine rings is 1. The third kappa shape index (κ3) is 6.60. The van der Waals surface area contributed by atoms with Crippen molar-refractivity contribution in [3.63, 3.8) is 0 Å². The summed E-state index contributed by atoms with van der Waals surface area (Å²) in [6.07, 6.45) is 0.610. The first-order valence-corrected chi connectivity index (χ1v) is 8.91. The lowest BCUT2D eigenvalue weighted by Crippen LogP contribution is -2.44. The van der Waals surface area contributed by atoms with E-state index in [-0.39, 0.29) is 35.6 Å². The van der Waals surface area contributed by atoms with E-state index in [9.17, 15) is 9.18 Å². The first kappa shape index (κ1) is 21.3. The molecule has 0 bridgehead atoms. The Hall–Kier alpha value is -3.04. The lowest BCUT2D eigenvalue weighted by Gasteiger charge is -2.33. The van der Waals surface area contributed by atoms with E-state index in [1.165, 1.54) is 12.1 Å². The molecule has 154 valence electrons. The van der Waals surface area contributed by atoms with E-state index in [2.05, 4.69) is 9.98 Å². The summed E-state index contributed by atoms with van der Waals surface area (Å²) in [5, 5.41) is 0. The van der Waals surface area contributed by atoms with Crippen LogP contribution in [0.2, 0.25) is 0 Å². The molecule has 0 aromatic heterocycles. The number of carbonyl (C=O) groups excluding carboxylic acids is 1. The summed E-state index contributed by atoms with van der Waals surface area (Å²) >= 11 is 0. The maximum atomic E-state index is 14.3. The Bertz CT molecular complexity index is 763. The van der Waals surface area contributed by atoms with E-state index in [0.717, 1.165) is 0 Å². The van der Waals surface area contributed by atoms with Gasteiger partial charge in [0.1, 0.15) is 11.7 Å². The predicted molar refractivity (Wildman–Crippen MR) is 105 cm³/mol. The highest BCUT2D eigenvalue weighted by atomic mass is 19.1. The van der Waals surface area contributed by atoms with Gasteiger partial charge in [-0.3, -0.25) is 0 Å². The number of rotatable bonds is 3. The van der Waals surface area contributed by atoms with Crippen molar-refractivity contribution in [1.82, 2.24) is 4.90 Å². The van der Waals surface area contributed by atoms with Crippen LogP contribution in [0, 0.1) is 5.82 Å². The number of nitrogens with zero attached hydrogens (tertiary/aromatic N) is 3. The number of halogens is 1. The molecular formula is C18H27FN6O3. The Morgan fingerprint density at radius 3 is 2.39 bits per heavy atom. The molecule has 1 fully saturated rings. The summed E-state index contributed by atoms with van der Waals surface area (Å²) in [6, 6.07) is 4.20. The second-order valence-corrected chi connectivity index (χ2v) is 7.41. The van der Waals surface area contributed by atoms with Crippen LogP contribution < -0.4 is 21.9 Å². The lowest BCUT2D eigenvalue weighted by atomic mass is 10.1. The molecule has 1 heterocycles. The Kier molecular flexibility index (Phi) is 6.66. The van der Waals surface area contributed by atoms with Gasteiger partial charge in [-0.05, 0) is 32.9 Å². The average molecular weight is 394 g/mol. The average Bonchev–Trinajstić information content (AvgIpc) is 2.55. The first-order chi connectivity index (χ1) is 13.0. The van der Waals surface area contributed by atoms with Crippen LogP contribution in [0.15, 0.2) is 28.2 Å². The molecule has 1 amide bonds. The van der Waals surface area contributed by atoms with Gasteiger partial charge in [-0.15, -0.1) is 0 Å². The number of hydrogen-bond acceptors (Lipinski definition) is 4. The molecule has 0 aliphatic carbocycles.